The van der Waals surface area contributed by atoms with Crippen LogP contribution in [-0.4, -0.2) is 21.5 Å². The van der Waals surface area contributed by atoms with Gasteiger partial charge in [-0.15, -0.1) is 0 Å². The Morgan fingerprint density at radius 1 is 0.875 bits per heavy atom. The van der Waals surface area contributed by atoms with Gasteiger partial charge in [0.15, 0.2) is 8.32 Å². The lowest BCUT2D eigenvalue weighted by molar-refractivity contribution is 0.173. The summed E-state index contributed by atoms with van der Waals surface area (Å²) in [5, 5.41) is 0. The minimum Gasteiger partial charge on any atom is -0.355 e. The predicted octanol–water partition coefficient (Wildman–Crippen LogP) is 4.41. The highest BCUT2D eigenvalue weighted by atomic mass is 31.2. The highest BCUT2D eigenvalue weighted by Gasteiger charge is 2.24. The van der Waals surface area contributed by atoms with Crippen molar-refractivity contribution in [2.75, 3.05) is 13.2 Å². The van der Waals surface area contributed by atoms with Crippen LogP contribution in [0, 0.1) is 11.8 Å². The van der Waals surface area contributed by atoms with E-state index in [0.29, 0.717) is 25.0 Å². The molecule has 0 spiro atoms. The molecule has 98 valence electrons. The molecule has 0 saturated carbocycles. The Kier molecular flexibility index (Phi) is 8.03. The molecule has 0 bridgehead atoms. The lowest BCUT2D eigenvalue weighted by Gasteiger charge is -2.25. The largest absolute Gasteiger partial charge is 0.355 e. The second-order valence-electron chi connectivity index (χ2n) is 5.81. The zero-order valence-corrected chi connectivity index (χ0v) is 13.6. The summed E-state index contributed by atoms with van der Waals surface area (Å²) < 4.78 is 17.3. The molecule has 0 rings (SSSR count). The molecule has 3 nitrogen and oxygen atoms in total. The smallest absolute Gasteiger partial charge is 0.321 e. The third kappa shape index (κ3) is 11.0. The SMILES string of the molecule is CC(C)COP(OCC(C)C)O[Si](C)(C)C. The van der Waals surface area contributed by atoms with Gasteiger partial charge in [-0.25, -0.2) is 0 Å². The highest BCUT2D eigenvalue weighted by molar-refractivity contribution is 7.43. The molecule has 0 atom stereocenters. The average Bonchev–Trinajstić information content (AvgIpc) is 2.07. The van der Waals surface area contributed by atoms with E-state index in [1.54, 1.807) is 0 Å². The number of hydrogen-bond donors (Lipinski definition) is 0. The maximum Gasteiger partial charge on any atom is 0.321 e. The molecule has 0 aromatic rings. The minimum atomic E-state index is -1.59. The fourth-order valence-corrected chi connectivity index (χ4v) is 3.86. The van der Waals surface area contributed by atoms with E-state index in [-0.39, 0.29) is 0 Å². The van der Waals surface area contributed by atoms with Gasteiger partial charge in [0.25, 0.3) is 0 Å². The Bertz CT molecular complexity index is 169. The molecule has 0 heterocycles. The summed E-state index contributed by atoms with van der Waals surface area (Å²) in [5.74, 6) is 1.02. The summed E-state index contributed by atoms with van der Waals surface area (Å²) >= 11 is 0. The van der Waals surface area contributed by atoms with E-state index >= 15 is 0 Å². The zero-order chi connectivity index (χ0) is 12.8. The quantitative estimate of drug-likeness (QED) is 0.481. The van der Waals surface area contributed by atoms with Gasteiger partial charge in [-0.1, -0.05) is 27.7 Å². The molecule has 5 heteroatoms. The van der Waals surface area contributed by atoms with Crippen molar-refractivity contribution in [1.82, 2.24) is 0 Å². The molecule has 0 aliphatic carbocycles. The van der Waals surface area contributed by atoms with E-state index in [0.717, 1.165) is 0 Å². The van der Waals surface area contributed by atoms with Crippen LogP contribution in [0.2, 0.25) is 19.6 Å². The second kappa shape index (κ2) is 7.78. The van der Waals surface area contributed by atoms with Gasteiger partial charge in [-0.05, 0) is 31.5 Å². The fraction of sp³-hybridized carbons (Fsp3) is 1.00. The van der Waals surface area contributed by atoms with E-state index in [4.69, 9.17) is 13.3 Å². The highest BCUT2D eigenvalue weighted by Crippen LogP contribution is 2.43. The van der Waals surface area contributed by atoms with E-state index in [2.05, 4.69) is 47.3 Å². The Labute approximate surface area is 103 Å². The minimum absolute atomic E-state index is 0.512. The molecule has 0 aliphatic rings. The summed E-state index contributed by atoms with van der Waals surface area (Å²) in [6, 6.07) is 0. The van der Waals surface area contributed by atoms with Crippen molar-refractivity contribution in [3.63, 3.8) is 0 Å². The van der Waals surface area contributed by atoms with E-state index in [9.17, 15) is 0 Å². The van der Waals surface area contributed by atoms with Gasteiger partial charge in [0.1, 0.15) is 0 Å². The molecule has 16 heavy (non-hydrogen) atoms. The zero-order valence-electron chi connectivity index (χ0n) is 11.7. The van der Waals surface area contributed by atoms with Gasteiger partial charge in [0.2, 0.25) is 0 Å². The van der Waals surface area contributed by atoms with Crippen LogP contribution in [0.4, 0.5) is 0 Å². The first-order valence-corrected chi connectivity index (χ1v) is 10.5. The first-order chi connectivity index (χ1) is 7.20. The van der Waals surface area contributed by atoms with Gasteiger partial charge in [-0.3, -0.25) is 0 Å². The number of rotatable bonds is 8. The van der Waals surface area contributed by atoms with Crippen molar-refractivity contribution in [2.24, 2.45) is 11.8 Å². The Morgan fingerprint density at radius 2 is 1.25 bits per heavy atom. The molecular weight excluding hydrogens is 239 g/mol. The third-order valence-electron chi connectivity index (χ3n) is 1.37. The van der Waals surface area contributed by atoms with Gasteiger partial charge < -0.3 is 13.3 Å². The summed E-state index contributed by atoms with van der Waals surface area (Å²) in [6.45, 7) is 16.4. The van der Waals surface area contributed by atoms with Crippen LogP contribution in [0.15, 0.2) is 0 Å². The van der Waals surface area contributed by atoms with Crippen molar-refractivity contribution in [2.45, 2.75) is 47.3 Å². The first-order valence-electron chi connectivity index (χ1n) is 5.96. The van der Waals surface area contributed by atoms with Crippen LogP contribution in [0.3, 0.4) is 0 Å². The van der Waals surface area contributed by atoms with Gasteiger partial charge in [0, 0.05) is 0 Å². The maximum atomic E-state index is 5.90. The van der Waals surface area contributed by atoms with Crippen LogP contribution in [0.5, 0.6) is 0 Å². The Balaban J connectivity index is 4.05. The maximum absolute atomic E-state index is 5.90. The standard InChI is InChI=1S/C11H27O3PSi/c1-10(2)8-12-15(13-9-11(3)4)14-16(5,6)7/h10-11H,8-9H2,1-7H3. The fourth-order valence-electron chi connectivity index (χ4n) is 0.733. The third-order valence-corrected chi connectivity index (χ3v) is 4.88. The molecular formula is C11H27O3PSi. The molecule has 0 aromatic heterocycles. The normalized spacial score (nSPS) is 13.1. The molecule has 0 aromatic carbocycles. The summed E-state index contributed by atoms with van der Waals surface area (Å²) in [7, 11) is -2.74. The van der Waals surface area contributed by atoms with Crippen molar-refractivity contribution in [3.05, 3.63) is 0 Å². The van der Waals surface area contributed by atoms with Crippen LogP contribution in [0.1, 0.15) is 27.7 Å². The van der Waals surface area contributed by atoms with Crippen molar-refractivity contribution < 1.29 is 13.3 Å². The van der Waals surface area contributed by atoms with E-state index in [1.165, 1.54) is 0 Å². The lowest BCUT2D eigenvalue weighted by atomic mass is 10.2. The van der Waals surface area contributed by atoms with Crippen molar-refractivity contribution in [3.8, 4) is 0 Å². The topological polar surface area (TPSA) is 27.7 Å². The monoisotopic (exact) mass is 266 g/mol. The molecule has 0 aliphatic heterocycles. The molecule has 0 unspecified atom stereocenters. The lowest BCUT2D eigenvalue weighted by Crippen LogP contribution is -2.24. The summed E-state index contributed by atoms with van der Waals surface area (Å²) in [6.07, 6.45) is 0. The summed E-state index contributed by atoms with van der Waals surface area (Å²) in [4.78, 5) is 0. The van der Waals surface area contributed by atoms with E-state index in [1.807, 2.05) is 0 Å². The van der Waals surface area contributed by atoms with Crippen molar-refractivity contribution >= 4 is 16.9 Å². The summed E-state index contributed by atoms with van der Waals surface area (Å²) in [5.41, 5.74) is 0. The van der Waals surface area contributed by atoms with E-state index < -0.39 is 16.9 Å². The number of hydrogen-bond acceptors (Lipinski definition) is 3. The Hall–Kier alpha value is 0.527. The van der Waals surface area contributed by atoms with Crippen LogP contribution < -0.4 is 0 Å². The van der Waals surface area contributed by atoms with Crippen LogP contribution in [-0.2, 0) is 13.3 Å². The molecule has 0 saturated heterocycles. The molecule has 0 amide bonds. The van der Waals surface area contributed by atoms with Gasteiger partial charge >= 0.3 is 8.60 Å². The molecule has 0 N–H and O–H groups in total. The van der Waals surface area contributed by atoms with Crippen LogP contribution in [0.25, 0.3) is 0 Å². The van der Waals surface area contributed by atoms with Crippen LogP contribution >= 0.6 is 8.60 Å². The van der Waals surface area contributed by atoms with Crippen molar-refractivity contribution in [1.29, 1.82) is 0 Å². The molecule has 0 fully saturated rings. The predicted molar refractivity (Wildman–Crippen MR) is 72.9 cm³/mol. The second-order valence-corrected chi connectivity index (χ2v) is 11.7. The average molecular weight is 266 g/mol. The Morgan fingerprint density at radius 3 is 1.50 bits per heavy atom. The van der Waals surface area contributed by atoms with Gasteiger partial charge in [0.05, 0.1) is 13.2 Å². The first kappa shape index (κ1) is 16.5. The van der Waals surface area contributed by atoms with Gasteiger partial charge in [-0.2, -0.15) is 0 Å². The molecule has 0 radical (unpaired) electrons.